The number of carbonyl (C=O) groups is 1. The van der Waals surface area contributed by atoms with E-state index in [-0.39, 0.29) is 16.4 Å². The Labute approximate surface area is 205 Å². The molecule has 0 spiro atoms. The summed E-state index contributed by atoms with van der Waals surface area (Å²) < 4.78 is 5.90. The fourth-order valence-electron chi connectivity index (χ4n) is 3.33. The molecule has 34 heavy (non-hydrogen) atoms. The molecule has 0 bridgehead atoms. The van der Waals surface area contributed by atoms with Gasteiger partial charge in [0.15, 0.2) is 10.7 Å². The van der Waals surface area contributed by atoms with Crippen molar-refractivity contribution in [1.82, 2.24) is 10.3 Å². The number of nitro groups is 1. The Hall–Kier alpha value is -3.82. The first kappa shape index (κ1) is 23.3. The summed E-state index contributed by atoms with van der Waals surface area (Å²) >= 11 is 11.5. The number of hydrogen-bond acceptors (Lipinski definition) is 6. The number of nitro benzene ring substituents is 1. The number of anilines is 1. The van der Waals surface area contributed by atoms with Crippen molar-refractivity contribution in [2.75, 3.05) is 5.32 Å². The zero-order valence-electron chi connectivity index (χ0n) is 18.2. The Balaban J connectivity index is 1.55. The van der Waals surface area contributed by atoms with Crippen molar-refractivity contribution >= 4 is 57.3 Å². The van der Waals surface area contributed by atoms with Crippen LogP contribution in [-0.2, 0) is 0 Å². The Bertz CT molecular complexity index is 1430. The number of aromatic nitrogens is 1. The van der Waals surface area contributed by atoms with Crippen LogP contribution in [0.5, 0.6) is 0 Å². The summed E-state index contributed by atoms with van der Waals surface area (Å²) in [6.07, 6.45) is 0. The maximum absolute atomic E-state index is 12.5. The smallest absolute Gasteiger partial charge is 0.282 e. The van der Waals surface area contributed by atoms with Crippen LogP contribution < -0.4 is 10.6 Å². The summed E-state index contributed by atoms with van der Waals surface area (Å²) in [5.74, 6) is 0.0619. The van der Waals surface area contributed by atoms with Crippen molar-refractivity contribution in [2.24, 2.45) is 0 Å². The molecule has 2 N–H and O–H groups in total. The summed E-state index contributed by atoms with van der Waals surface area (Å²) in [5.41, 5.74) is 3.21. The van der Waals surface area contributed by atoms with Gasteiger partial charge in [-0.3, -0.25) is 20.2 Å². The molecule has 1 amide bonds. The number of para-hydroxylation sites is 1. The molecule has 10 heteroatoms. The van der Waals surface area contributed by atoms with Gasteiger partial charge in [-0.2, -0.15) is 0 Å². The van der Waals surface area contributed by atoms with Gasteiger partial charge in [0, 0.05) is 11.6 Å². The van der Waals surface area contributed by atoms with Crippen LogP contribution in [0.25, 0.3) is 22.6 Å². The summed E-state index contributed by atoms with van der Waals surface area (Å²) in [4.78, 5) is 27.7. The highest BCUT2D eigenvalue weighted by Gasteiger charge is 2.20. The average molecular weight is 495 g/mol. The van der Waals surface area contributed by atoms with Gasteiger partial charge in [0.1, 0.15) is 11.1 Å². The Morgan fingerprint density at radius 1 is 1.15 bits per heavy atom. The fraction of sp³-hybridized carbons (Fsp3) is 0.125. The number of amides is 1. The van der Waals surface area contributed by atoms with E-state index in [0.29, 0.717) is 33.7 Å². The molecule has 8 nitrogen and oxygen atoms in total. The predicted octanol–water partition coefficient (Wildman–Crippen LogP) is 6.31. The molecule has 172 valence electrons. The molecule has 0 radical (unpaired) electrons. The largest absolute Gasteiger partial charge is 0.436 e. The van der Waals surface area contributed by atoms with Crippen LogP contribution in [0.4, 0.5) is 11.4 Å². The molecule has 0 aliphatic rings. The number of rotatable bonds is 5. The first-order valence-electron chi connectivity index (χ1n) is 10.3. The van der Waals surface area contributed by atoms with Gasteiger partial charge in [-0.15, -0.1) is 0 Å². The molecule has 3 aromatic carbocycles. The Morgan fingerprint density at radius 3 is 2.65 bits per heavy atom. The zero-order chi connectivity index (χ0) is 24.4. The standard InChI is InChI=1S/C24H19ClN4O4S/c1-13(2)14-8-10-21-19(11-14)26-23(33-21)15-7-9-17(25)18(12-15)27-24(34)28-22(30)16-5-3-4-6-20(16)29(31)32/h3-13H,1-2H3,(H2,27,28,30,34). The first-order chi connectivity index (χ1) is 16.2. The lowest BCUT2D eigenvalue weighted by Gasteiger charge is -2.12. The fourth-order valence-corrected chi connectivity index (χ4v) is 3.70. The van der Waals surface area contributed by atoms with E-state index in [1.54, 1.807) is 18.2 Å². The Kier molecular flexibility index (Phi) is 6.58. The Morgan fingerprint density at radius 2 is 1.91 bits per heavy atom. The second-order valence-corrected chi connectivity index (χ2v) is 8.59. The van der Waals surface area contributed by atoms with E-state index in [0.717, 1.165) is 11.1 Å². The highest BCUT2D eigenvalue weighted by molar-refractivity contribution is 7.80. The minimum Gasteiger partial charge on any atom is -0.436 e. The van der Waals surface area contributed by atoms with Gasteiger partial charge in [0.2, 0.25) is 5.89 Å². The molecule has 4 aromatic rings. The minimum absolute atomic E-state index is 0.0682. The highest BCUT2D eigenvalue weighted by Crippen LogP contribution is 2.31. The van der Waals surface area contributed by atoms with Crippen LogP contribution >= 0.6 is 23.8 Å². The van der Waals surface area contributed by atoms with E-state index in [9.17, 15) is 14.9 Å². The molecular weight excluding hydrogens is 476 g/mol. The van der Waals surface area contributed by atoms with E-state index in [1.807, 2.05) is 18.2 Å². The monoisotopic (exact) mass is 494 g/mol. The quantitative estimate of drug-likeness (QED) is 0.190. The van der Waals surface area contributed by atoms with Crippen LogP contribution in [0.15, 0.2) is 65.1 Å². The molecule has 0 atom stereocenters. The van der Waals surface area contributed by atoms with Gasteiger partial charge in [0.05, 0.1) is 15.6 Å². The van der Waals surface area contributed by atoms with Crippen molar-refractivity contribution in [3.05, 3.63) is 86.9 Å². The van der Waals surface area contributed by atoms with Crippen LogP contribution in [0.3, 0.4) is 0 Å². The second kappa shape index (κ2) is 9.58. The molecular formula is C24H19ClN4O4S. The van der Waals surface area contributed by atoms with Crippen LogP contribution in [-0.4, -0.2) is 20.9 Å². The maximum Gasteiger partial charge on any atom is 0.282 e. The van der Waals surface area contributed by atoms with Gasteiger partial charge < -0.3 is 9.73 Å². The normalized spacial score (nSPS) is 10.9. The zero-order valence-corrected chi connectivity index (χ0v) is 19.7. The lowest BCUT2D eigenvalue weighted by molar-refractivity contribution is -0.385. The van der Waals surface area contributed by atoms with Gasteiger partial charge in [0.25, 0.3) is 11.6 Å². The molecule has 0 saturated heterocycles. The van der Waals surface area contributed by atoms with E-state index >= 15 is 0 Å². The minimum atomic E-state index is -0.711. The molecule has 4 rings (SSSR count). The van der Waals surface area contributed by atoms with Crippen molar-refractivity contribution in [1.29, 1.82) is 0 Å². The lowest BCUT2D eigenvalue weighted by Crippen LogP contribution is -2.34. The predicted molar refractivity (Wildman–Crippen MR) is 135 cm³/mol. The van der Waals surface area contributed by atoms with E-state index in [1.165, 1.54) is 24.3 Å². The van der Waals surface area contributed by atoms with Crippen LogP contribution in [0.1, 0.15) is 35.7 Å². The maximum atomic E-state index is 12.5. The molecule has 1 aromatic heterocycles. The van der Waals surface area contributed by atoms with Crippen LogP contribution in [0.2, 0.25) is 5.02 Å². The van der Waals surface area contributed by atoms with Gasteiger partial charge in [-0.1, -0.05) is 43.6 Å². The summed E-state index contributed by atoms with van der Waals surface area (Å²) in [5, 5.41) is 16.8. The molecule has 0 aliphatic heterocycles. The van der Waals surface area contributed by atoms with Gasteiger partial charge in [-0.05, 0) is 60.1 Å². The molecule has 0 fully saturated rings. The number of carbonyl (C=O) groups excluding carboxylic acids is 1. The van der Waals surface area contributed by atoms with E-state index in [4.69, 9.17) is 28.2 Å². The number of thiocarbonyl (C=S) groups is 1. The molecule has 0 aliphatic carbocycles. The molecule has 0 saturated carbocycles. The van der Waals surface area contributed by atoms with E-state index < -0.39 is 10.8 Å². The van der Waals surface area contributed by atoms with Crippen molar-refractivity contribution in [3.63, 3.8) is 0 Å². The number of nitrogens with one attached hydrogen (secondary N) is 2. The first-order valence-corrected chi connectivity index (χ1v) is 11.1. The number of nitrogens with zero attached hydrogens (tertiary/aromatic N) is 2. The molecule has 0 unspecified atom stereocenters. The third-order valence-corrected chi connectivity index (χ3v) is 5.65. The van der Waals surface area contributed by atoms with Gasteiger partial charge in [-0.25, -0.2) is 4.98 Å². The third kappa shape index (κ3) is 4.90. The summed E-state index contributed by atoms with van der Waals surface area (Å²) in [6.45, 7) is 4.22. The number of oxazole rings is 1. The summed E-state index contributed by atoms with van der Waals surface area (Å²) in [7, 11) is 0. The van der Waals surface area contributed by atoms with Gasteiger partial charge >= 0.3 is 0 Å². The average Bonchev–Trinajstić information content (AvgIpc) is 3.23. The topological polar surface area (TPSA) is 110 Å². The molecule has 1 heterocycles. The third-order valence-electron chi connectivity index (χ3n) is 5.11. The van der Waals surface area contributed by atoms with Crippen molar-refractivity contribution < 1.29 is 14.1 Å². The number of hydrogen-bond donors (Lipinski definition) is 2. The van der Waals surface area contributed by atoms with Crippen LogP contribution in [0, 0.1) is 10.1 Å². The van der Waals surface area contributed by atoms with Crippen molar-refractivity contribution in [2.45, 2.75) is 19.8 Å². The lowest BCUT2D eigenvalue weighted by atomic mass is 10.0. The highest BCUT2D eigenvalue weighted by atomic mass is 35.5. The summed E-state index contributed by atoms with van der Waals surface area (Å²) in [6, 6.07) is 16.6. The number of halogens is 1. The SMILES string of the molecule is CC(C)c1ccc2oc(-c3ccc(Cl)c(NC(=S)NC(=O)c4ccccc4[N+](=O)[O-])c3)nc2c1. The van der Waals surface area contributed by atoms with E-state index in [2.05, 4.69) is 29.5 Å². The number of benzene rings is 3. The number of fused-ring (bicyclic) bond motifs is 1. The second-order valence-electron chi connectivity index (χ2n) is 7.78. The van der Waals surface area contributed by atoms with Crippen molar-refractivity contribution in [3.8, 4) is 11.5 Å².